The number of amides is 1. The van der Waals surface area contributed by atoms with E-state index in [1.807, 2.05) is 4.90 Å². The Morgan fingerprint density at radius 2 is 2.07 bits per heavy atom. The summed E-state index contributed by atoms with van der Waals surface area (Å²) in [5.41, 5.74) is 0.148. The van der Waals surface area contributed by atoms with Crippen molar-refractivity contribution in [3.05, 3.63) is 12.7 Å². The third-order valence-electron chi connectivity index (χ3n) is 3.91. The fourth-order valence-corrected chi connectivity index (χ4v) is 2.75. The molecule has 1 spiro atoms. The van der Waals surface area contributed by atoms with Crippen molar-refractivity contribution in [2.45, 2.75) is 38.3 Å². The summed E-state index contributed by atoms with van der Waals surface area (Å²) in [7, 11) is 0. The van der Waals surface area contributed by atoms with Crippen LogP contribution >= 0.6 is 0 Å². The van der Waals surface area contributed by atoms with Crippen molar-refractivity contribution in [1.82, 2.24) is 9.80 Å². The lowest BCUT2D eigenvalue weighted by molar-refractivity contribution is -0.140. The van der Waals surface area contributed by atoms with Crippen LogP contribution in [0.5, 0.6) is 0 Å². The summed E-state index contributed by atoms with van der Waals surface area (Å²) in [5, 5.41) is 0. The average Bonchev–Trinajstić information content (AvgIpc) is 2.62. The Morgan fingerprint density at radius 3 is 2.47 bits per heavy atom. The van der Waals surface area contributed by atoms with Crippen molar-refractivity contribution in [3.63, 3.8) is 0 Å². The molecular weight excluding hydrogens is 188 g/mol. The van der Waals surface area contributed by atoms with Crippen LogP contribution in [0.15, 0.2) is 12.7 Å². The van der Waals surface area contributed by atoms with Crippen molar-refractivity contribution >= 4 is 5.91 Å². The highest BCUT2D eigenvalue weighted by molar-refractivity contribution is 5.88. The smallest absolute Gasteiger partial charge is 0.246 e. The van der Waals surface area contributed by atoms with Crippen molar-refractivity contribution in [2.24, 2.45) is 0 Å². The molecule has 0 N–H and O–H groups in total. The Balaban J connectivity index is 2.04. The molecule has 2 rings (SSSR count). The van der Waals surface area contributed by atoms with Gasteiger partial charge in [0.15, 0.2) is 0 Å². The summed E-state index contributed by atoms with van der Waals surface area (Å²) in [6, 6.07) is 0.589. The third kappa shape index (κ3) is 1.59. The molecule has 1 atom stereocenters. The van der Waals surface area contributed by atoms with Gasteiger partial charge >= 0.3 is 0 Å². The van der Waals surface area contributed by atoms with Gasteiger partial charge in [-0.15, -0.1) is 0 Å². The summed E-state index contributed by atoms with van der Waals surface area (Å²) in [4.78, 5) is 16.1. The van der Waals surface area contributed by atoms with Crippen LogP contribution in [0.4, 0.5) is 0 Å². The Kier molecular flexibility index (Phi) is 2.59. The van der Waals surface area contributed by atoms with Gasteiger partial charge < -0.3 is 4.90 Å². The molecule has 84 valence electrons. The number of rotatable bonds is 2. The van der Waals surface area contributed by atoms with E-state index in [2.05, 4.69) is 25.3 Å². The SMILES string of the molecule is C=CC(=O)N1CCC12CCN(C(C)C)C2. The van der Waals surface area contributed by atoms with Crippen LogP contribution < -0.4 is 0 Å². The van der Waals surface area contributed by atoms with Gasteiger partial charge in [0.05, 0.1) is 5.54 Å². The van der Waals surface area contributed by atoms with Crippen molar-refractivity contribution in [1.29, 1.82) is 0 Å². The number of likely N-dealkylation sites (tertiary alicyclic amines) is 2. The first-order valence-corrected chi connectivity index (χ1v) is 5.77. The lowest BCUT2D eigenvalue weighted by atomic mass is 9.83. The molecule has 2 saturated heterocycles. The van der Waals surface area contributed by atoms with Crippen molar-refractivity contribution in [2.75, 3.05) is 19.6 Å². The zero-order valence-electron chi connectivity index (χ0n) is 9.70. The number of hydrogen-bond acceptors (Lipinski definition) is 2. The maximum atomic E-state index is 11.6. The van der Waals surface area contributed by atoms with E-state index < -0.39 is 0 Å². The predicted molar refractivity (Wildman–Crippen MR) is 60.6 cm³/mol. The maximum absolute atomic E-state index is 11.6. The number of nitrogens with zero attached hydrogens (tertiary/aromatic N) is 2. The number of carbonyl (C=O) groups excluding carboxylic acids is 1. The molecule has 0 aliphatic carbocycles. The van der Waals surface area contributed by atoms with Gasteiger partial charge in [0.2, 0.25) is 5.91 Å². The fraction of sp³-hybridized carbons (Fsp3) is 0.750. The van der Waals surface area contributed by atoms with E-state index in [1.165, 1.54) is 6.08 Å². The molecule has 0 aromatic heterocycles. The molecule has 15 heavy (non-hydrogen) atoms. The summed E-state index contributed by atoms with van der Waals surface area (Å²) in [6.45, 7) is 11.1. The number of hydrogen-bond donors (Lipinski definition) is 0. The van der Waals surface area contributed by atoms with Gasteiger partial charge in [-0.1, -0.05) is 6.58 Å². The van der Waals surface area contributed by atoms with Gasteiger partial charge in [-0.25, -0.2) is 0 Å². The highest BCUT2D eigenvalue weighted by Crippen LogP contribution is 2.39. The van der Waals surface area contributed by atoms with Crippen LogP contribution in [0, 0.1) is 0 Å². The molecule has 2 fully saturated rings. The first-order valence-electron chi connectivity index (χ1n) is 5.77. The van der Waals surface area contributed by atoms with Gasteiger partial charge in [-0.3, -0.25) is 9.69 Å². The lowest BCUT2D eigenvalue weighted by Gasteiger charge is -2.50. The summed E-state index contributed by atoms with van der Waals surface area (Å²) >= 11 is 0. The molecule has 2 aliphatic heterocycles. The highest BCUT2D eigenvalue weighted by Gasteiger charge is 2.50. The van der Waals surface area contributed by atoms with Gasteiger partial charge in [-0.2, -0.15) is 0 Å². The summed E-state index contributed by atoms with van der Waals surface area (Å²) in [6.07, 6.45) is 3.74. The Bertz CT molecular complexity index is 287. The Labute approximate surface area is 91.7 Å². The molecule has 1 amide bonds. The van der Waals surface area contributed by atoms with Crippen LogP contribution in [0.25, 0.3) is 0 Å². The minimum absolute atomic E-state index is 0.104. The minimum Gasteiger partial charge on any atom is -0.332 e. The largest absolute Gasteiger partial charge is 0.332 e. The highest BCUT2D eigenvalue weighted by atomic mass is 16.2. The second kappa shape index (κ2) is 3.63. The van der Waals surface area contributed by atoms with E-state index in [4.69, 9.17) is 0 Å². The van der Waals surface area contributed by atoms with Gasteiger partial charge in [0.1, 0.15) is 0 Å². The summed E-state index contributed by atoms with van der Waals surface area (Å²) < 4.78 is 0. The molecular formula is C12H20N2O. The molecule has 0 bridgehead atoms. The first-order chi connectivity index (χ1) is 7.09. The second-order valence-corrected chi connectivity index (χ2v) is 4.98. The molecule has 0 saturated carbocycles. The Hall–Kier alpha value is -0.830. The normalized spacial score (nSPS) is 31.0. The van der Waals surface area contributed by atoms with E-state index in [9.17, 15) is 4.79 Å². The molecule has 3 heteroatoms. The molecule has 0 radical (unpaired) electrons. The molecule has 0 aromatic rings. The quantitative estimate of drug-likeness (QED) is 0.638. The van der Waals surface area contributed by atoms with E-state index in [0.29, 0.717) is 6.04 Å². The summed E-state index contributed by atoms with van der Waals surface area (Å²) in [5.74, 6) is 0.104. The molecule has 1 unspecified atom stereocenters. The fourth-order valence-electron chi connectivity index (χ4n) is 2.75. The zero-order valence-corrected chi connectivity index (χ0v) is 9.70. The van der Waals surface area contributed by atoms with Crippen LogP contribution in [0.3, 0.4) is 0 Å². The topological polar surface area (TPSA) is 23.6 Å². The van der Waals surface area contributed by atoms with Gasteiger partial charge in [0, 0.05) is 25.7 Å². The van der Waals surface area contributed by atoms with Crippen LogP contribution in [0.1, 0.15) is 26.7 Å². The van der Waals surface area contributed by atoms with Gasteiger partial charge in [0.25, 0.3) is 0 Å². The van der Waals surface area contributed by atoms with Gasteiger partial charge in [-0.05, 0) is 32.8 Å². The van der Waals surface area contributed by atoms with E-state index in [1.54, 1.807) is 0 Å². The number of carbonyl (C=O) groups is 1. The zero-order chi connectivity index (χ0) is 11.1. The van der Waals surface area contributed by atoms with Crippen LogP contribution in [0.2, 0.25) is 0 Å². The van der Waals surface area contributed by atoms with Crippen LogP contribution in [-0.4, -0.2) is 46.9 Å². The molecule has 0 aromatic carbocycles. The van der Waals surface area contributed by atoms with E-state index in [-0.39, 0.29) is 11.4 Å². The monoisotopic (exact) mass is 208 g/mol. The predicted octanol–water partition coefficient (Wildman–Crippen LogP) is 1.26. The lowest BCUT2D eigenvalue weighted by Crippen LogP contribution is -2.63. The van der Waals surface area contributed by atoms with E-state index >= 15 is 0 Å². The van der Waals surface area contributed by atoms with E-state index in [0.717, 1.165) is 32.5 Å². The minimum atomic E-state index is 0.104. The molecule has 2 aliphatic rings. The first kappa shape index (κ1) is 10.7. The average molecular weight is 208 g/mol. The van der Waals surface area contributed by atoms with Crippen LogP contribution in [-0.2, 0) is 4.79 Å². The third-order valence-corrected chi connectivity index (χ3v) is 3.91. The molecule has 2 heterocycles. The molecule has 3 nitrogen and oxygen atoms in total. The van der Waals surface area contributed by atoms with Crippen molar-refractivity contribution < 1.29 is 4.79 Å². The maximum Gasteiger partial charge on any atom is 0.246 e. The standard InChI is InChI=1S/C12H20N2O/c1-4-11(15)14-8-6-12(14)5-7-13(9-12)10(2)3/h4,10H,1,5-9H2,2-3H3. The van der Waals surface area contributed by atoms with Crippen molar-refractivity contribution in [3.8, 4) is 0 Å². The Morgan fingerprint density at radius 1 is 1.40 bits per heavy atom. The second-order valence-electron chi connectivity index (χ2n) is 4.98.